The Morgan fingerprint density at radius 2 is 1.93 bits per heavy atom. The van der Waals surface area contributed by atoms with Gasteiger partial charge in [0.2, 0.25) is 0 Å². The lowest BCUT2D eigenvalue weighted by atomic mass is 10.1. The number of hydrogen-bond acceptors (Lipinski definition) is 2. The molecule has 2 fully saturated rings. The number of rotatable bonds is 2. The van der Waals surface area contributed by atoms with E-state index in [1.165, 1.54) is 44.3 Å². The SMILES string of the molecule is S=c1[nH]nc(C2CCCC2)n1C1CC1. The summed E-state index contributed by atoms with van der Waals surface area (Å²) < 4.78 is 3.10. The average molecular weight is 209 g/mol. The zero-order valence-corrected chi connectivity index (χ0v) is 9.02. The summed E-state index contributed by atoms with van der Waals surface area (Å²) >= 11 is 5.27. The van der Waals surface area contributed by atoms with Gasteiger partial charge in [-0.15, -0.1) is 0 Å². The highest BCUT2D eigenvalue weighted by atomic mass is 32.1. The van der Waals surface area contributed by atoms with Crippen LogP contribution >= 0.6 is 12.2 Å². The normalized spacial score (nSPS) is 23.1. The minimum absolute atomic E-state index is 0.664. The lowest BCUT2D eigenvalue weighted by Crippen LogP contribution is -2.05. The van der Waals surface area contributed by atoms with Crippen molar-refractivity contribution in [1.82, 2.24) is 14.8 Å². The van der Waals surface area contributed by atoms with Gasteiger partial charge in [0.15, 0.2) is 4.77 Å². The van der Waals surface area contributed by atoms with Gasteiger partial charge in [-0.1, -0.05) is 12.8 Å². The number of aromatic amines is 1. The van der Waals surface area contributed by atoms with E-state index in [4.69, 9.17) is 12.2 Å². The molecule has 2 saturated carbocycles. The second-order valence-electron chi connectivity index (χ2n) is 4.47. The number of aromatic nitrogens is 3. The summed E-state index contributed by atoms with van der Waals surface area (Å²) in [5, 5.41) is 7.36. The van der Waals surface area contributed by atoms with Crippen molar-refractivity contribution in [3.8, 4) is 0 Å². The molecule has 0 saturated heterocycles. The van der Waals surface area contributed by atoms with E-state index in [1.807, 2.05) is 0 Å². The van der Waals surface area contributed by atoms with Crippen LogP contribution in [0.5, 0.6) is 0 Å². The summed E-state index contributed by atoms with van der Waals surface area (Å²) in [5.74, 6) is 1.90. The molecule has 1 heterocycles. The Morgan fingerprint density at radius 1 is 1.21 bits per heavy atom. The molecule has 0 amide bonds. The van der Waals surface area contributed by atoms with Crippen LogP contribution in [0.25, 0.3) is 0 Å². The molecule has 76 valence electrons. The Hall–Kier alpha value is -0.640. The molecule has 0 radical (unpaired) electrons. The lowest BCUT2D eigenvalue weighted by Gasteiger charge is -2.09. The van der Waals surface area contributed by atoms with Gasteiger partial charge in [-0.25, -0.2) is 0 Å². The summed E-state index contributed by atoms with van der Waals surface area (Å²) in [6, 6.07) is 0.664. The topological polar surface area (TPSA) is 33.6 Å². The first kappa shape index (κ1) is 8.65. The minimum Gasteiger partial charge on any atom is -0.301 e. The maximum Gasteiger partial charge on any atom is 0.195 e. The first-order valence-electron chi connectivity index (χ1n) is 5.53. The third-order valence-corrected chi connectivity index (χ3v) is 3.65. The molecular formula is C10H15N3S. The molecule has 2 aliphatic rings. The maximum atomic E-state index is 5.27. The molecular weight excluding hydrogens is 194 g/mol. The monoisotopic (exact) mass is 209 g/mol. The van der Waals surface area contributed by atoms with Crippen LogP contribution in [0.2, 0.25) is 0 Å². The summed E-state index contributed by atoms with van der Waals surface area (Å²) in [7, 11) is 0. The van der Waals surface area contributed by atoms with Crippen molar-refractivity contribution in [2.45, 2.75) is 50.5 Å². The minimum atomic E-state index is 0.664. The number of hydrogen-bond donors (Lipinski definition) is 1. The van der Waals surface area contributed by atoms with Gasteiger partial charge in [0.25, 0.3) is 0 Å². The van der Waals surface area contributed by atoms with Crippen molar-refractivity contribution in [3.05, 3.63) is 10.6 Å². The summed E-state index contributed by atoms with van der Waals surface area (Å²) in [5.41, 5.74) is 0. The van der Waals surface area contributed by atoms with Gasteiger partial charge < -0.3 is 4.57 Å². The Balaban J connectivity index is 1.99. The third kappa shape index (κ3) is 1.32. The first-order valence-corrected chi connectivity index (χ1v) is 5.94. The van der Waals surface area contributed by atoms with Gasteiger partial charge in [-0.2, -0.15) is 5.10 Å². The fraction of sp³-hybridized carbons (Fsp3) is 0.800. The van der Waals surface area contributed by atoms with Crippen LogP contribution in [0.4, 0.5) is 0 Å². The molecule has 1 aromatic heterocycles. The highest BCUT2D eigenvalue weighted by Gasteiger charge is 2.31. The molecule has 0 unspecified atom stereocenters. The molecule has 2 aliphatic carbocycles. The molecule has 1 N–H and O–H groups in total. The highest BCUT2D eigenvalue weighted by Crippen LogP contribution is 2.40. The van der Waals surface area contributed by atoms with Crippen molar-refractivity contribution in [2.24, 2.45) is 0 Å². The molecule has 1 aromatic rings. The predicted molar refractivity (Wildman–Crippen MR) is 56.9 cm³/mol. The smallest absolute Gasteiger partial charge is 0.195 e. The van der Waals surface area contributed by atoms with Gasteiger partial charge >= 0.3 is 0 Å². The molecule has 0 aliphatic heterocycles. The van der Waals surface area contributed by atoms with E-state index >= 15 is 0 Å². The van der Waals surface area contributed by atoms with Crippen LogP contribution in [-0.4, -0.2) is 14.8 Å². The van der Waals surface area contributed by atoms with Gasteiger partial charge in [0, 0.05) is 12.0 Å². The second kappa shape index (κ2) is 3.19. The summed E-state index contributed by atoms with van der Waals surface area (Å²) in [6.07, 6.45) is 7.88. The van der Waals surface area contributed by atoms with E-state index in [0.717, 1.165) is 4.77 Å². The zero-order chi connectivity index (χ0) is 9.54. The molecule has 14 heavy (non-hydrogen) atoms. The third-order valence-electron chi connectivity index (χ3n) is 3.36. The van der Waals surface area contributed by atoms with Crippen LogP contribution < -0.4 is 0 Å². The van der Waals surface area contributed by atoms with Crippen LogP contribution in [0.3, 0.4) is 0 Å². The Morgan fingerprint density at radius 3 is 2.57 bits per heavy atom. The Kier molecular flexibility index (Phi) is 1.97. The summed E-state index contributed by atoms with van der Waals surface area (Å²) in [6.45, 7) is 0. The fourth-order valence-electron chi connectivity index (χ4n) is 2.47. The van der Waals surface area contributed by atoms with Crippen LogP contribution in [0.1, 0.15) is 56.3 Å². The number of nitrogens with one attached hydrogen (secondary N) is 1. The first-order chi connectivity index (χ1) is 6.86. The maximum absolute atomic E-state index is 5.27. The Bertz CT molecular complexity index is 382. The quantitative estimate of drug-likeness (QED) is 0.760. The molecule has 0 aromatic carbocycles. The van der Waals surface area contributed by atoms with E-state index in [2.05, 4.69) is 14.8 Å². The lowest BCUT2D eigenvalue weighted by molar-refractivity contribution is 0.588. The van der Waals surface area contributed by atoms with E-state index < -0.39 is 0 Å². The highest BCUT2D eigenvalue weighted by molar-refractivity contribution is 7.71. The fourth-order valence-corrected chi connectivity index (χ4v) is 2.76. The van der Waals surface area contributed by atoms with Gasteiger partial charge in [-0.05, 0) is 37.9 Å². The molecule has 0 atom stereocenters. The van der Waals surface area contributed by atoms with Crippen molar-refractivity contribution >= 4 is 12.2 Å². The zero-order valence-electron chi connectivity index (χ0n) is 8.20. The Labute approximate surface area is 88.5 Å². The predicted octanol–water partition coefficient (Wildman–Crippen LogP) is 2.93. The van der Waals surface area contributed by atoms with E-state index in [0.29, 0.717) is 12.0 Å². The van der Waals surface area contributed by atoms with Crippen molar-refractivity contribution in [3.63, 3.8) is 0 Å². The van der Waals surface area contributed by atoms with Gasteiger partial charge in [0.05, 0.1) is 0 Å². The van der Waals surface area contributed by atoms with Crippen LogP contribution in [0.15, 0.2) is 0 Å². The largest absolute Gasteiger partial charge is 0.301 e. The number of nitrogens with zero attached hydrogens (tertiary/aromatic N) is 2. The molecule has 4 heteroatoms. The van der Waals surface area contributed by atoms with Gasteiger partial charge in [0.1, 0.15) is 5.82 Å². The average Bonchev–Trinajstić information content (AvgIpc) is 2.75. The molecule has 0 spiro atoms. The second-order valence-corrected chi connectivity index (χ2v) is 4.86. The standard InChI is InChI=1S/C10H15N3S/c14-10-12-11-9(7-3-1-2-4-7)13(10)8-5-6-8/h7-8H,1-6H2,(H,12,14). The molecule has 3 rings (SSSR count). The van der Waals surface area contributed by atoms with Gasteiger partial charge in [-0.3, -0.25) is 5.10 Å². The molecule has 3 nitrogen and oxygen atoms in total. The van der Waals surface area contributed by atoms with Crippen LogP contribution in [-0.2, 0) is 0 Å². The van der Waals surface area contributed by atoms with E-state index in [1.54, 1.807) is 0 Å². The van der Waals surface area contributed by atoms with Crippen molar-refractivity contribution in [2.75, 3.05) is 0 Å². The van der Waals surface area contributed by atoms with Crippen molar-refractivity contribution in [1.29, 1.82) is 0 Å². The molecule has 0 bridgehead atoms. The number of H-pyrrole nitrogens is 1. The van der Waals surface area contributed by atoms with Crippen molar-refractivity contribution < 1.29 is 0 Å². The van der Waals surface area contributed by atoms with E-state index in [9.17, 15) is 0 Å². The summed E-state index contributed by atoms with van der Waals surface area (Å²) in [4.78, 5) is 0. The van der Waals surface area contributed by atoms with Crippen LogP contribution in [0, 0.1) is 4.77 Å². The van der Waals surface area contributed by atoms with E-state index in [-0.39, 0.29) is 0 Å².